The number of ketones is 1. The number of alkyl halides is 3. The quantitative estimate of drug-likeness (QED) is 0.724. The van der Waals surface area contributed by atoms with E-state index in [1.54, 1.807) is 30.3 Å². The lowest BCUT2D eigenvalue weighted by atomic mass is 9.82. The summed E-state index contributed by atoms with van der Waals surface area (Å²) in [7, 11) is -3.58. The molecule has 0 atom stereocenters. The monoisotopic (exact) mass is 439 g/mol. The zero-order valence-electron chi connectivity index (χ0n) is 16.0. The van der Waals surface area contributed by atoms with E-state index in [1.165, 1.54) is 16.4 Å². The molecule has 0 aliphatic carbocycles. The summed E-state index contributed by atoms with van der Waals surface area (Å²) < 4.78 is 72.8. The molecule has 1 spiro atoms. The maximum atomic E-state index is 13.4. The predicted octanol–water partition coefficient (Wildman–Crippen LogP) is 4.04. The van der Waals surface area contributed by atoms with Crippen LogP contribution in [0.25, 0.3) is 0 Å². The summed E-state index contributed by atoms with van der Waals surface area (Å²) in [5, 5.41) is 0. The van der Waals surface area contributed by atoms with Gasteiger partial charge in [-0.15, -0.1) is 0 Å². The van der Waals surface area contributed by atoms with Crippen LogP contribution in [-0.2, 0) is 22.0 Å². The molecule has 5 nitrogen and oxygen atoms in total. The first kappa shape index (κ1) is 20.9. The van der Waals surface area contributed by atoms with E-state index in [0.29, 0.717) is 5.56 Å². The summed E-state index contributed by atoms with van der Waals surface area (Å²) >= 11 is 0. The highest BCUT2D eigenvalue weighted by Crippen LogP contribution is 2.46. The van der Waals surface area contributed by atoms with Crippen LogP contribution in [0.3, 0.4) is 0 Å². The largest absolute Gasteiger partial charge is 0.485 e. The number of halogens is 3. The number of ether oxygens (including phenoxy) is 1. The lowest BCUT2D eigenvalue weighted by Gasteiger charge is -2.44. The number of rotatable bonds is 3. The van der Waals surface area contributed by atoms with Gasteiger partial charge in [0, 0.05) is 25.9 Å². The van der Waals surface area contributed by atoms with E-state index >= 15 is 0 Å². The van der Waals surface area contributed by atoms with Gasteiger partial charge in [-0.2, -0.15) is 13.2 Å². The van der Waals surface area contributed by atoms with E-state index < -0.39 is 38.9 Å². The molecule has 0 amide bonds. The Hall–Kier alpha value is -2.39. The molecule has 0 saturated carbocycles. The number of piperidine rings is 1. The van der Waals surface area contributed by atoms with Gasteiger partial charge in [-0.25, -0.2) is 12.7 Å². The molecule has 1 fully saturated rings. The first-order valence-electron chi connectivity index (χ1n) is 9.54. The van der Waals surface area contributed by atoms with Crippen molar-refractivity contribution in [1.29, 1.82) is 0 Å². The second-order valence-electron chi connectivity index (χ2n) is 7.71. The predicted molar refractivity (Wildman–Crippen MR) is 104 cm³/mol. The lowest BCUT2D eigenvalue weighted by Crippen LogP contribution is -2.52. The van der Waals surface area contributed by atoms with Gasteiger partial charge in [-0.05, 0) is 17.7 Å². The minimum absolute atomic E-state index is 0.0616. The summed E-state index contributed by atoms with van der Waals surface area (Å²) in [5.74, 6) is -1.01. The van der Waals surface area contributed by atoms with E-state index in [2.05, 4.69) is 0 Å². The van der Waals surface area contributed by atoms with Crippen LogP contribution in [0, 0.1) is 0 Å². The van der Waals surface area contributed by atoms with Crippen LogP contribution in [0.5, 0.6) is 5.75 Å². The molecule has 2 aliphatic rings. The minimum atomic E-state index is -4.65. The third-order valence-corrected chi connectivity index (χ3v) is 7.49. The molecule has 0 aromatic heterocycles. The zero-order chi connectivity index (χ0) is 21.6. The van der Waals surface area contributed by atoms with E-state index in [4.69, 9.17) is 4.74 Å². The number of hydrogen-bond donors (Lipinski definition) is 0. The Balaban J connectivity index is 1.53. The second kappa shape index (κ2) is 7.39. The number of para-hydroxylation sites is 1. The van der Waals surface area contributed by atoms with Crippen molar-refractivity contribution in [2.45, 2.75) is 36.8 Å². The topological polar surface area (TPSA) is 63.7 Å². The van der Waals surface area contributed by atoms with Gasteiger partial charge in [0.1, 0.15) is 11.4 Å². The molecule has 2 aromatic carbocycles. The number of carbonyl (C=O) groups is 1. The standard InChI is InChI=1S/C21H20F3NO4S/c22-21(23,24)17-8-4-7-16-18(26)13-20(29-19(16)17)9-11-25(12-10-20)30(27,28)14-15-5-2-1-3-6-15/h1-8H,9-14H2. The molecule has 0 N–H and O–H groups in total. The summed E-state index contributed by atoms with van der Waals surface area (Å²) in [6, 6.07) is 12.2. The van der Waals surface area contributed by atoms with Crippen molar-refractivity contribution in [1.82, 2.24) is 4.31 Å². The Bertz CT molecular complexity index is 1060. The fourth-order valence-electron chi connectivity index (χ4n) is 4.06. The van der Waals surface area contributed by atoms with Crippen LogP contribution < -0.4 is 4.74 Å². The van der Waals surface area contributed by atoms with Crippen LogP contribution in [-0.4, -0.2) is 37.2 Å². The molecule has 160 valence electrons. The number of nitrogens with zero attached hydrogens (tertiary/aromatic N) is 1. The molecule has 0 unspecified atom stereocenters. The van der Waals surface area contributed by atoms with Crippen molar-refractivity contribution in [2.75, 3.05) is 13.1 Å². The summed E-state index contributed by atoms with van der Waals surface area (Å²) in [5.41, 5.74) is -1.52. The van der Waals surface area contributed by atoms with Gasteiger partial charge in [0.25, 0.3) is 0 Å². The molecule has 0 radical (unpaired) electrons. The average molecular weight is 439 g/mol. The highest BCUT2D eigenvalue weighted by Gasteiger charge is 2.47. The smallest absolute Gasteiger partial charge is 0.419 e. The Kier molecular flexibility index (Phi) is 5.14. The van der Waals surface area contributed by atoms with E-state index in [0.717, 1.165) is 6.07 Å². The molecule has 30 heavy (non-hydrogen) atoms. The number of sulfonamides is 1. The molecule has 9 heteroatoms. The first-order chi connectivity index (χ1) is 14.1. The van der Waals surface area contributed by atoms with Crippen molar-refractivity contribution in [3.63, 3.8) is 0 Å². The Morgan fingerprint density at radius 2 is 1.67 bits per heavy atom. The van der Waals surface area contributed by atoms with Gasteiger partial charge < -0.3 is 4.74 Å². The summed E-state index contributed by atoms with van der Waals surface area (Å²) in [6.45, 7) is 0.179. The molecule has 2 aromatic rings. The molecule has 0 bridgehead atoms. The van der Waals surface area contributed by atoms with Crippen molar-refractivity contribution in [3.05, 3.63) is 65.2 Å². The van der Waals surface area contributed by atoms with Crippen LogP contribution in [0.15, 0.2) is 48.5 Å². The first-order valence-corrected chi connectivity index (χ1v) is 11.1. The van der Waals surface area contributed by atoms with Crippen LogP contribution in [0.4, 0.5) is 13.2 Å². The van der Waals surface area contributed by atoms with Crippen molar-refractivity contribution >= 4 is 15.8 Å². The second-order valence-corrected chi connectivity index (χ2v) is 9.67. The van der Waals surface area contributed by atoms with Gasteiger partial charge >= 0.3 is 6.18 Å². The molecular weight excluding hydrogens is 419 g/mol. The number of carbonyl (C=O) groups excluding carboxylic acids is 1. The van der Waals surface area contributed by atoms with Crippen LogP contribution in [0.2, 0.25) is 0 Å². The SMILES string of the molecule is O=C1CC2(CCN(S(=O)(=O)Cc3ccccc3)CC2)Oc2c1cccc2C(F)(F)F. The molecule has 2 heterocycles. The van der Waals surface area contributed by atoms with E-state index in [-0.39, 0.29) is 43.7 Å². The van der Waals surface area contributed by atoms with Gasteiger partial charge in [-0.1, -0.05) is 36.4 Å². The maximum Gasteiger partial charge on any atom is 0.419 e. The summed E-state index contributed by atoms with van der Waals surface area (Å²) in [4.78, 5) is 12.6. The molecular formula is C21H20F3NO4S. The van der Waals surface area contributed by atoms with E-state index in [1.807, 2.05) is 0 Å². The molecule has 1 saturated heterocycles. The highest BCUT2D eigenvalue weighted by molar-refractivity contribution is 7.88. The van der Waals surface area contributed by atoms with Gasteiger partial charge in [0.15, 0.2) is 5.78 Å². The van der Waals surface area contributed by atoms with Crippen molar-refractivity contribution < 1.29 is 31.1 Å². The van der Waals surface area contributed by atoms with Crippen molar-refractivity contribution in [3.8, 4) is 5.75 Å². The third-order valence-electron chi connectivity index (χ3n) is 5.64. The normalized spacial score (nSPS) is 19.4. The maximum absolute atomic E-state index is 13.4. The fraction of sp³-hybridized carbons (Fsp3) is 0.381. The molecule has 4 rings (SSSR count). The number of benzene rings is 2. The minimum Gasteiger partial charge on any atom is -0.485 e. The van der Waals surface area contributed by atoms with Crippen molar-refractivity contribution in [2.24, 2.45) is 0 Å². The Morgan fingerprint density at radius 1 is 1.00 bits per heavy atom. The highest BCUT2D eigenvalue weighted by atomic mass is 32.2. The van der Waals surface area contributed by atoms with Gasteiger partial charge in [0.2, 0.25) is 10.0 Å². The molecule has 2 aliphatic heterocycles. The zero-order valence-corrected chi connectivity index (χ0v) is 16.8. The third kappa shape index (κ3) is 3.96. The lowest BCUT2D eigenvalue weighted by molar-refractivity contribution is -0.140. The number of Topliss-reactive ketones (excluding diaryl/α,β-unsaturated/α-hetero) is 1. The van der Waals surface area contributed by atoms with E-state index in [9.17, 15) is 26.4 Å². The average Bonchev–Trinajstić information content (AvgIpc) is 2.67. The van der Waals surface area contributed by atoms with Crippen LogP contribution >= 0.6 is 0 Å². The number of fused-ring (bicyclic) bond motifs is 1. The van der Waals surface area contributed by atoms with Gasteiger partial charge in [0.05, 0.1) is 23.3 Å². The van der Waals surface area contributed by atoms with Gasteiger partial charge in [-0.3, -0.25) is 4.79 Å². The Labute approximate surface area is 172 Å². The number of hydrogen-bond acceptors (Lipinski definition) is 4. The Morgan fingerprint density at radius 3 is 2.30 bits per heavy atom. The van der Waals surface area contributed by atoms with Crippen LogP contribution in [0.1, 0.15) is 40.7 Å². The fourth-order valence-corrected chi connectivity index (χ4v) is 5.59. The summed E-state index contributed by atoms with van der Waals surface area (Å²) in [6.07, 6.45) is -4.41.